The van der Waals surface area contributed by atoms with Crippen LogP contribution in [0.2, 0.25) is 0 Å². The van der Waals surface area contributed by atoms with Gasteiger partial charge in [-0.3, -0.25) is 0 Å². The molecule has 6 aliphatic rings. The molecule has 0 aromatic carbocycles. The predicted molar refractivity (Wildman–Crippen MR) is 213 cm³/mol. The van der Waals surface area contributed by atoms with Crippen molar-refractivity contribution >= 4 is 0 Å². The van der Waals surface area contributed by atoms with E-state index in [1.54, 1.807) is 0 Å². The highest BCUT2D eigenvalue weighted by Gasteiger charge is 2.09. The zero-order valence-electron chi connectivity index (χ0n) is 35.1. The third-order valence-electron chi connectivity index (χ3n) is 5.75. The molecule has 0 N–H and O–H groups in total. The average Bonchev–Trinajstić information content (AvgIpc) is 3.84. The molecule has 6 fully saturated rings. The first-order chi connectivity index (χ1) is 20.9. The molecule has 0 radical (unpaired) electrons. The summed E-state index contributed by atoms with van der Waals surface area (Å²) in [6, 6.07) is 0. The van der Waals surface area contributed by atoms with E-state index in [4.69, 9.17) is 0 Å². The molecule has 0 saturated heterocycles. The van der Waals surface area contributed by atoms with Gasteiger partial charge in [-0.1, -0.05) is 273 Å². The fourth-order valence-corrected chi connectivity index (χ4v) is 1.61. The molecule has 6 rings (SSSR count). The van der Waals surface area contributed by atoms with Gasteiger partial charge in [0.1, 0.15) is 0 Å². The molecule has 0 spiro atoms. The maximum absolute atomic E-state index is 2.31. The van der Waals surface area contributed by atoms with Crippen molar-refractivity contribution in [3.05, 3.63) is 0 Å². The second-order valence-corrected chi connectivity index (χ2v) is 8.75. The van der Waals surface area contributed by atoms with Gasteiger partial charge in [-0.25, -0.2) is 0 Å². The van der Waals surface area contributed by atoms with Crippen LogP contribution in [0.1, 0.15) is 273 Å². The average molecular weight is 607 g/mol. The van der Waals surface area contributed by atoms with Gasteiger partial charge in [0.15, 0.2) is 0 Å². The van der Waals surface area contributed by atoms with E-state index in [1.165, 1.54) is 141 Å². The zero-order valence-corrected chi connectivity index (χ0v) is 35.1. The van der Waals surface area contributed by atoms with Gasteiger partial charge in [-0.05, 0) is 5.92 Å². The van der Waals surface area contributed by atoms with Crippen molar-refractivity contribution in [2.24, 2.45) is 5.92 Å². The molecule has 270 valence electrons. The van der Waals surface area contributed by atoms with E-state index in [9.17, 15) is 0 Å². The van der Waals surface area contributed by atoms with Crippen LogP contribution in [0, 0.1) is 5.92 Å². The Hall–Kier alpha value is 0. The highest BCUT2D eigenvalue weighted by molar-refractivity contribution is 4.62. The second kappa shape index (κ2) is 105. The summed E-state index contributed by atoms with van der Waals surface area (Å²) in [6.07, 6.45) is 33.0. The minimum Gasteiger partial charge on any atom is -0.0683 e. The van der Waals surface area contributed by atoms with Gasteiger partial charge in [0.05, 0.1) is 0 Å². The topological polar surface area (TPSA) is 0 Å². The van der Waals surface area contributed by atoms with Crippen LogP contribution in [0.25, 0.3) is 0 Å². The molecule has 42 heavy (non-hydrogen) atoms. The van der Waals surface area contributed by atoms with Crippen molar-refractivity contribution in [2.45, 2.75) is 273 Å². The fourth-order valence-electron chi connectivity index (χ4n) is 1.61. The van der Waals surface area contributed by atoms with Crippen LogP contribution < -0.4 is 0 Å². The molecule has 0 heterocycles. The molecule has 0 aromatic rings. The highest BCUT2D eigenvalue weighted by atomic mass is 14.1. The molecular weight excluding hydrogens is 504 g/mol. The first-order valence-corrected chi connectivity index (χ1v) is 20.9. The van der Waals surface area contributed by atoms with E-state index in [2.05, 4.69) is 6.92 Å². The van der Waals surface area contributed by atoms with Gasteiger partial charge in [-0.15, -0.1) is 0 Å². The number of rotatable bonds is 0. The van der Waals surface area contributed by atoms with Crippen molar-refractivity contribution in [1.29, 1.82) is 0 Å². The minimum absolute atomic E-state index is 1.06. The fraction of sp³-hybridized carbons (Fsp3) is 1.00. The lowest BCUT2D eigenvalue weighted by molar-refractivity contribution is 0.346. The minimum atomic E-state index is 1.06. The predicted octanol–water partition coefficient (Wildman–Crippen LogP) is 18.5. The molecule has 0 nitrogen and oxygen atoms in total. The molecule has 6 saturated carbocycles. The normalized spacial score (nSPS) is 15.2. The largest absolute Gasteiger partial charge is 0.0683 e. The molecule has 0 heteroatoms. The molecule has 0 aliphatic heterocycles. The summed E-state index contributed by atoms with van der Waals surface area (Å²) in [6.45, 7) is 38.3. The third-order valence-corrected chi connectivity index (χ3v) is 5.75. The Bertz CT molecular complexity index is 159. The Labute approximate surface area is 278 Å². The van der Waals surface area contributed by atoms with E-state index in [1.807, 2.05) is 125 Å². The lowest BCUT2D eigenvalue weighted by atomic mass is 9.88. The Morgan fingerprint density at radius 1 is 0.190 bits per heavy atom. The summed E-state index contributed by atoms with van der Waals surface area (Å²) < 4.78 is 0. The van der Waals surface area contributed by atoms with Gasteiger partial charge in [0.25, 0.3) is 0 Å². The van der Waals surface area contributed by atoms with Gasteiger partial charge in [-0.2, -0.15) is 0 Å². The summed E-state index contributed by atoms with van der Waals surface area (Å²) in [5.74, 6) is 1.06. The van der Waals surface area contributed by atoms with E-state index in [-0.39, 0.29) is 0 Å². The van der Waals surface area contributed by atoms with Crippen molar-refractivity contribution in [1.82, 2.24) is 0 Å². The van der Waals surface area contributed by atoms with Crippen LogP contribution in [0.3, 0.4) is 0 Å². The lowest BCUT2D eigenvalue weighted by Gasteiger charge is -2.18. The summed E-state index contributed by atoms with van der Waals surface area (Å²) in [5.41, 5.74) is 0. The molecule has 6 aliphatic carbocycles. The molecule has 0 aromatic heterocycles. The van der Waals surface area contributed by atoms with Crippen LogP contribution in [-0.4, -0.2) is 0 Å². The Kier molecular flexibility index (Phi) is 162. The van der Waals surface area contributed by atoms with Crippen LogP contribution in [0.5, 0.6) is 0 Å². The number of hydrogen-bond acceptors (Lipinski definition) is 0. The van der Waals surface area contributed by atoms with E-state index < -0.39 is 0 Å². The Morgan fingerprint density at radius 2 is 0.262 bits per heavy atom. The summed E-state index contributed by atoms with van der Waals surface area (Å²) >= 11 is 0. The maximum atomic E-state index is 2.31. The number of hydrogen-bond donors (Lipinski definition) is 0. The van der Waals surface area contributed by atoms with Gasteiger partial charge in [0.2, 0.25) is 0 Å². The standard InChI is InChI=1S/C5H10.4C4H8.C3H6.9C2H6/c1-5-3-2-4-5;4*1-2-4-3-1;1-2-3-1;9*1-2/h5H,2-4H2,1H3;4*1-4H2;1-3H2;9*1-2H3. The summed E-state index contributed by atoms with van der Waals surface area (Å²) in [7, 11) is 0. The van der Waals surface area contributed by atoms with Gasteiger partial charge >= 0.3 is 0 Å². The van der Waals surface area contributed by atoms with Crippen LogP contribution >= 0.6 is 0 Å². The highest BCUT2D eigenvalue weighted by Crippen LogP contribution is 2.24. The maximum Gasteiger partial charge on any atom is -0.0443 e. The molecule has 0 atom stereocenters. The summed E-state index contributed by atoms with van der Waals surface area (Å²) in [4.78, 5) is 0. The Balaban J connectivity index is -0.0000000405. The monoisotopic (exact) mass is 607 g/mol. The van der Waals surface area contributed by atoms with E-state index in [0.29, 0.717) is 0 Å². The van der Waals surface area contributed by atoms with Gasteiger partial charge in [0, 0.05) is 0 Å². The van der Waals surface area contributed by atoms with Gasteiger partial charge < -0.3 is 0 Å². The van der Waals surface area contributed by atoms with Crippen LogP contribution in [0.4, 0.5) is 0 Å². The molecule has 0 amide bonds. The van der Waals surface area contributed by atoms with Crippen molar-refractivity contribution in [3.63, 3.8) is 0 Å². The first kappa shape index (κ1) is 64.8. The van der Waals surface area contributed by atoms with Crippen LogP contribution in [-0.2, 0) is 0 Å². The smallest absolute Gasteiger partial charge is 0.0443 e. The van der Waals surface area contributed by atoms with Crippen molar-refractivity contribution < 1.29 is 0 Å². The van der Waals surface area contributed by atoms with Crippen molar-refractivity contribution in [2.75, 3.05) is 0 Å². The van der Waals surface area contributed by atoms with E-state index >= 15 is 0 Å². The second-order valence-electron chi connectivity index (χ2n) is 8.75. The lowest BCUT2D eigenvalue weighted by Crippen LogP contribution is -2.04. The first-order valence-electron chi connectivity index (χ1n) is 20.9. The molecule has 0 bridgehead atoms. The van der Waals surface area contributed by atoms with E-state index in [0.717, 1.165) is 5.92 Å². The molecule has 0 unspecified atom stereocenters. The zero-order chi connectivity index (χ0) is 35.1. The quantitative estimate of drug-likeness (QED) is 0.257. The SMILES string of the molecule is C1CC1.C1CCC1.C1CCC1.C1CCC1.C1CCC1.CC.CC.CC.CC.CC.CC.CC.CC.CC.CC1CCC1. The van der Waals surface area contributed by atoms with Crippen LogP contribution in [0.15, 0.2) is 0 Å². The third kappa shape index (κ3) is 115. The van der Waals surface area contributed by atoms with Crippen molar-refractivity contribution in [3.8, 4) is 0 Å². The molecular formula is C42H102. The summed E-state index contributed by atoms with van der Waals surface area (Å²) in [5, 5.41) is 0. The Morgan fingerprint density at radius 3 is 0.262 bits per heavy atom.